The fraction of sp³-hybridized carbons (Fsp3) is 0.545. The summed E-state index contributed by atoms with van der Waals surface area (Å²) in [5.74, 6) is -0.224. The molecule has 0 aliphatic carbocycles. The summed E-state index contributed by atoms with van der Waals surface area (Å²) < 4.78 is 1.61. The molecule has 0 spiro atoms. The number of nitrogens with one attached hydrogen (secondary N) is 1. The number of hydrogen-bond donors (Lipinski definition) is 1. The van der Waals surface area contributed by atoms with Crippen LogP contribution in [-0.2, 0) is 13.5 Å². The Bertz CT molecular complexity index is 416. The minimum Gasteiger partial charge on any atom is -0.336 e. The van der Waals surface area contributed by atoms with E-state index in [0.29, 0.717) is 18.4 Å². The molecule has 5 nitrogen and oxygen atoms in total. The molecule has 16 heavy (non-hydrogen) atoms. The molecule has 0 radical (unpaired) electrons. The fourth-order valence-corrected chi connectivity index (χ4v) is 1.45. The first-order chi connectivity index (χ1) is 7.62. The summed E-state index contributed by atoms with van der Waals surface area (Å²) in [5, 5.41) is 15.6. The normalized spacial score (nSPS) is 11.9. The average Bonchev–Trinajstić information content (AvgIpc) is 2.67. The number of aryl methyl sites for hydroxylation is 2. The van der Waals surface area contributed by atoms with Gasteiger partial charge in [-0.2, -0.15) is 10.4 Å². The summed E-state index contributed by atoms with van der Waals surface area (Å²) in [6.07, 6.45) is 2.98. The van der Waals surface area contributed by atoms with Gasteiger partial charge < -0.3 is 5.32 Å². The summed E-state index contributed by atoms with van der Waals surface area (Å²) >= 11 is 0. The van der Waals surface area contributed by atoms with E-state index in [-0.39, 0.29) is 5.91 Å². The molecule has 0 aromatic carbocycles. The highest BCUT2D eigenvalue weighted by molar-refractivity contribution is 5.95. The summed E-state index contributed by atoms with van der Waals surface area (Å²) in [7, 11) is 1.78. The molecule has 1 N–H and O–H groups in total. The molecule has 0 saturated heterocycles. The first kappa shape index (κ1) is 12.2. The average molecular weight is 220 g/mol. The van der Waals surface area contributed by atoms with Gasteiger partial charge in [0.25, 0.3) is 5.91 Å². The SMILES string of the molecule is CCc1nn(C)cc1C(=O)NC(C#N)CC. The zero-order valence-corrected chi connectivity index (χ0v) is 9.82. The standard InChI is InChI=1S/C11H16N4O/c1-4-8(6-12)13-11(16)9-7-15(3)14-10(9)5-2/h7-8H,4-5H2,1-3H3,(H,13,16). The quantitative estimate of drug-likeness (QED) is 0.823. The topological polar surface area (TPSA) is 70.7 Å². The third kappa shape index (κ3) is 2.60. The van der Waals surface area contributed by atoms with Crippen LogP contribution in [0.5, 0.6) is 0 Å². The van der Waals surface area contributed by atoms with Gasteiger partial charge in [-0.1, -0.05) is 13.8 Å². The maximum Gasteiger partial charge on any atom is 0.255 e. The Labute approximate surface area is 95.1 Å². The van der Waals surface area contributed by atoms with Crippen molar-refractivity contribution in [1.29, 1.82) is 5.26 Å². The second-order valence-corrected chi connectivity index (χ2v) is 3.58. The zero-order valence-electron chi connectivity index (χ0n) is 9.82. The summed E-state index contributed by atoms with van der Waals surface area (Å²) in [6.45, 7) is 3.80. The van der Waals surface area contributed by atoms with Crippen molar-refractivity contribution in [2.45, 2.75) is 32.7 Å². The highest BCUT2D eigenvalue weighted by Gasteiger charge is 2.16. The molecule has 0 aliphatic rings. The number of nitrogens with zero attached hydrogens (tertiary/aromatic N) is 3. The van der Waals surface area contributed by atoms with Crippen LogP contribution in [0.1, 0.15) is 36.3 Å². The van der Waals surface area contributed by atoms with Crippen molar-refractivity contribution in [3.63, 3.8) is 0 Å². The molecule has 0 fully saturated rings. The highest BCUT2D eigenvalue weighted by Crippen LogP contribution is 2.07. The second-order valence-electron chi connectivity index (χ2n) is 3.58. The molecule has 1 amide bonds. The molecule has 1 unspecified atom stereocenters. The van der Waals surface area contributed by atoms with E-state index in [1.54, 1.807) is 17.9 Å². The van der Waals surface area contributed by atoms with Gasteiger partial charge in [-0.25, -0.2) is 0 Å². The van der Waals surface area contributed by atoms with Crippen molar-refractivity contribution in [2.24, 2.45) is 7.05 Å². The van der Waals surface area contributed by atoms with E-state index in [0.717, 1.165) is 5.69 Å². The number of amides is 1. The molecule has 1 aromatic heterocycles. The van der Waals surface area contributed by atoms with E-state index < -0.39 is 6.04 Å². The smallest absolute Gasteiger partial charge is 0.255 e. The van der Waals surface area contributed by atoms with Crippen LogP contribution in [0.3, 0.4) is 0 Å². The first-order valence-electron chi connectivity index (χ1n) is 5.35. The van der Waals surface area contributed by atoms with Gasteiger partial charge in [-0.15, -0.1) is 0 Å². The van der Waals surface area contributed by atoms with Gasteiger partial charge in [0.15, 0.2) is 0 Å². The number of carbonyl (C=O) groups is 1. The lowest BCUT2D eigenvalue weighted by Gasteiger charge is -2.08. The van der Waals surface area contributed by atoms with Crippen molar-refractivity contribution >= 4 is 5.91 Å². The molecular formula is C11H16N4O. The van der Waals surface area contributed by atoms with Gasteiger partial charge in [-0.05, 0) is 12.8 Å². The predicted octanol–water partition coefficient (Wildman–Crippen LogP) is 1.01. The van der Waals surface area contributed by atoms with Crippen LogP contribution in [-0.4, -0.2) is 21.7 Å². The first-order valence-corrected chi connectivity index (χ1v) is 5.35. The molecule has 0 aliphatic heterocycles. The molecule has 1 aromatic rings. The van der Waals surface area contributed by atoms with E-state index in [2.05, 4.69) is 10.4 Å². The largest absolute Gasteiger partial charge is 0.336 e. The van der Waals surface area contributed by atoms with Gasteiger partial charge in [0, 0.05) is 13.2 Å². The molecule has 1 rings (SSSR count). The molecule has 0 bridgehead atoms. The predicted molar refractivity (Wildman–Crippen MR) is 59.7 cm³/mol. The van der Waals surface area contributed by atoms with Crippen LogP contribution < -0.4 is 5.32 Å². The Balaban J connectivity index is 2.84. The van der Waals surface area contributed by atoms with E-state index in [9.17, 15) is 4.79 Å². The van der Waals surface area contributed by atoms with Gasteiger partial charge in [0.1, 0.15) is 6.04 Å². The Morgan fingerprint density at radius 2 is 2.38 bits per heavy atom. The zero-order chi connectivity index (χ0) is 12.1. The van der Waals surface area contributed by atoms with E-state index in [1.165, 1.54) is 0 Å². The van der Waals surface area contributed by atoms with Crippen LogP contribution in [0.4, 0.5) is 0 Å². The highest BCUT2D eigenvalue weighted by atomic mass is 16.1. The van der Waals surface area contributed by atoms with Gasteiger partial charge in [-0.3, -0.25) is 9.48 Å². The van der Waals surface area contributed by atoms with Crippen LogP contribution in [0.2, 0.25) is 0 Å². The summed E-state index contributed by atoms with van der Waals surface area (Å²) in [6, 6.07) is 1.60. The fourth-order valence-electron chi connectivity index (χ4n) is 1.45. The Kier molecular flexibility index (Phi) is 4.06. The van der Waals surface area contributed by atoms with Gasteiger partial charge >= 0.3 is 0 Å². The molecule has 5 heteroatoms. The Morgan fingerprint density at radius 1 is 1.69 bits per heavy atom. The van der Waals surface area contributed by atoms with Crippen LogP contribution in [0, 0.1) is 11.3 Å². The maximum atomic E-state index is 11.9. The minimum atomic E-state index is -0.433. The van der Waals surface area contributed by atoms with Crippen molar-refractivity contribution in [3.05, 3.63) is 17.5 Å². The maximum absolute atomic E-state index is 11.9. The number of carbonyl (C=O) groups excluding carboxylic acids is 1. The van der Waals surface area contributed by atoms with Gasteiger partial charge in [0.2, 0.25) is 0 Å². The van der Waals surface area contributed by atoms with Crippen molar-refractivity contribution in [3.8, 4) is 6.07 Å². The lowest BCUT2D eigenvalue weighted by Crippen LogP contribution is -2.33. The molecular weight excluding hydrogens is 204 g/mol. The van der Waals surface area contributed by atoms with Gasteiger partial charge in [0.05, 0.1) is 17.3 Å². The Morgan fingerprint density at radius 3 is 2.88 bits per heavy atom. The van der Waals surface area contributed by atoms with Crippen molar-refractivity contribution < 1.29 is 4.79 Å². The Hall–Kier alpha value is -1.83. The van der Waals surface area contributed by atoms with E-state index >= 15 is 0 Å². The minimum absolute atomic E-state index is 0.224. The van der Waals surface area contributed by atoms with E-state index in [4.69, 9.17) is 5.26 Å². The summed E-state index contributed by atoms with van der Waals surface area (Å²) in [5.41, 5.74) is 1.31. The van der Waals surface area contributed by atoms with Crippen molar-refractivity contribution in [1.82, 2.24) is 15.1 Å². The van der Waals surface area contributed by atoms with Crippen molar-refractivity contribution in [2.75, 3.05) is 0 Å². The van der Waals surface area contributed by atoms with Crippen LogP contribution in [0.15, 0.2) is 6.20 Å². The number of nitriles is 1. The molecule has 1 heterocycles. The van der Waals surface area contributed by atoms with Crippen LogP contribution >= 0.6 is 0 Å². The third-order valence-electron chi connectivity index (χ3n) is 2.35. The lowest BCUT2D eigenvalue weighted by atomic mass is 10.1. The molecule has 1 atom stereocenters. The monoisotopic (exact) mass is 220 g/mol. The summed E-state index contributed by atoms with van der Waals surface area (Å²) in [4.78, 5) is 11.9. The number of aromatic nitrogens is 2. The molecule has 0 saturated carbocycles. The number of hydrogen-bond acceptors (Lipinski definition) is 3. The third-order valence-corrected chi connectivity index (χ3v) is 2.35. The second kappa shape index (κ2) is 5.31. The van der Waals surface area contributed by atoms with Crippen LogP contribution in [0.25, 0.3) is 0 Å². The molecule has 86 valence electrons. The number of rotatable bonds is 4. The van der Waals surface area contributed by atoms with E-state index in [1.807, 2.05) is 19.9 Å². The lowest BCUT2D eigenvalue weighted by molar-refractivity contribution is 0.0943.